The molecular formula is C19H17Cl2NO3. The van der Waals surface area contributed by atoms with Crippen molar-refractivity contribution in [3.05, 3.63) is 58.7 Å². The summed E-state index contributed by atoms with van der Waals surface area (Å²) in [6.45, 7) is 2.09. The Balaban J connectivity index is 1.97. The summed E-state index contributed by atoms with van der Waals surface area (Å²) in [7, 11) is 1.80. The first kappa shape index (κ1) is 17.6. The van der Waals surface area contributed by atoms with Gasteiger partial charge in [0, 0.05) is 30.4 Å². The summed E-state index contributed by atoms with van der Waals surface area (Å²) < 4.78 is 12.7. The van der Waals surface area contributed by atoms with Gasteiger partial charge >= 0.3 is 5.97 Å². The summed E-state index contributed by atoms with van der Waals surface area (Å²) in [6, 6.07) is 12.8. The van der Waals surface area contributed by atoms with Crippen LogP contribution >= 0.6 is 23.2 Å². The third kappa shape index (κ3) is 3.60. The molecule has 25 heavy (non-hydrogen) atoms. The van der Waals surface area contributed by atoms with Gasteiger partial charge in [-0.1, -0.05) is 23.7 Å². The van der Waals surface area contributed by atoms with Gasteiger partial charge in [0.2, 0.25) is 0 Å². The smallest absolute Gasteiger partial charge is 0.354 e. The highest BCUT2D eigenvalue weighted by molar-refractivity contribution is 6.35. The van der Waals surface area contributed by atoms with Gasteiger partial charge in [-0.05, 0) is 30.7 Å². The molecule has 0 unspecified atom stereocenters. The van der Waals surface area contributed by atoms with Gasteiger partial charge in [-0.2, -0.15) is 0 Å². The normalized spacial score (nSPS) is 10.9. The van der Waals surface area contributed by atoms with Crippen LogP contribution in [0.1, 0.15) is 23.0 Å². The van der Waals surface area contributed by atoms with Gasteiger partial charge in [-0.3, -0.25) is 0 Å². The van der Waals surface area contributed by atoms with Crippen LogP contribution in [0.15, 0.2) is 42.5 Å². The van der Waals surface area contributed by atoms with Crippen LogP contribution < -0.4 is 4.74 Å². The molecule has 1 heterocycles. The summed E-state index contributed by atoms with van der Waals surface area (Å²) in [5.41, 5.74) is 2.26. The Bertz CT molecular complexity index is 917. The van der Waals surface area contributed by atoms with Crippen LogP contribution in [-0.4, -0.2) is 17.1 Å². The molecule has 1 aromatic heterocycles. The maximum Gasteiger partial charge on any atom is 0.354 e. The number of carbonyl (C=O) groups is 1. The molecule has 130 valence electrons. The molecular weight excluding hydrogens is 361 g/mol. The highest BCUT2D eigenvalue weighted by Crippen LogP contribution is 2.33. The number of benzene rings is 2. The van der Waals surface area contributed by atoms with E-state index >= 15 is 0 Å². The second-order valence-corrected chi connectivity index (χ2v) is 6.20. The zero-order valence-electron chi connectivity index (χ0n) is 13.9. The fourth-order valence-electron chi connectivity index (χ4n) is 2.61. The summed E-state index contributed by atoms with van der Waals surface area (Å²) in [5.74, 6) is 1.35. The largest absolute Gasteiger partial charge is 0.461 e. The molecule has 0 saturated carbocycles. The minimum Gasteiger partial charge on any atom is -0.461 e. The first-order valence-electron chi connectivity index (χ1n) is 7.82. The summed E-state index contributed by atoms with van der Waals surface area (Å²) in [4.78, 5) is 12.1. The topological polar surface area (TPSA) is 40.5 Å². The number of rotatable bonds is 5. The third-order valence-electron chi connectivity index (χ3n) is 3.88. The molecule has 0 saturated heterocycles. The zero-order valence-corrected chi connectivity index (χ0v) is 15.4. The van der Waals surface area contributed by atoms with E-state index in [4.69, 9.17) is 32.7 Å². The number of ether oxygens (including phenoxy) is 2. The molecule has 3 rings (SSSR count). The van der Waals surface area contributed by atoms with Crippen LogP contribution in [0, 0.1) is 0 Å². The highest BCUT2D eigenvalue weighted by atomic mass is 35.5. The number of hydrogen-bond acceptors (Lipinski definition) is 3. The average Bonchev–Trinajstić information content (AvgIpc) is 2.94. The number of aromatic nitrogens is 1. The van der Waals surface area contributed by atoms with E-state index in [0.29, 0.717) is 34.7 Å². The lowest BCUT2D eigenvalue weighted by Crippen LogP contribution is -2.09. The van der Waals surface area contributed by atoms with Gasteiger partial charge in [0.05, 0.1) is 17.1 Å². The SMILES string of the molecule is CCOC(=O)c1cc2c(Cl)cc(Oc3ccc(CCl)cc3)cc2n1C. The van der Waals surface area contributed by atoms with Crippen LogP contribution in [0.3, 0.4) is 0 Å². The minimum absolute atomic E-state index is 0.320. The molecule has 0 aliphatic heterocycles. The molecule has 4 nitrogen and oxygen atoms in total. The monoisotopic (exact) mass is 377 g/mol. The van der Waals surface area contributed by atoms with Crippen LogP contribution in [-0.2, 0) is 17.7 Å². The van der Waals surface area contributed by atoms with Gasteiger partial charge in [0.15, 0.2) is 0 Å². The molecule has 0 aliphatic carbocycles. The molecule has 0 amide bonds. The standard InChI is InChI=1S/C19H17Cl2NO3/c1-3-24-19(23)18-10-15-16(21)8-14(9-17(15)22(18)2)25-13-6-4-12(11-20)5-7-13/h4-10H,3,11H2,1-2H3. The molecule has 0 N–H and O–H groups in total. The molecule has 2 aromatic carbocycles. The maximum absolute atomic E-state index is 12.1. The number of nitrogens with zero attached hydrogens (tertiary/aromatic N) is 1. The average molecular weight is 378 g/mol. The first-order valence-corrected chi connectivity index (χ1v) is 8.73. The summed E-state index contributed by atoms with van der Waals surface area (Å²) in [6.07, 6.45) is 0. The van der Waals surface area contributed by atoms with Crippen molar-refractivity contribution in [2.24, 2.45) is 7.05 Å². The Hall–Kier alpha value is -2.17. The van der Waals surface area contributed by atoms with E-state index in [-0.39, 0.29) is 5.97 Å². The predicted octanol–water partition coefficient (Wildman–Crippen LogP) is 5.54. The van der Waals surface area contributed by atoms with Crippen LogP contribution in [0.25, 0.3) is 10.9 Å². The highest BCUT2D eigenvalue weighted by Gasteiger charge is 2.17. The first-order chi connectivity index (χ1) is 12.0. The van der Waals surface area contributed by atoms with Crippen molar-refractivity contribution in [2.45, 2.75) is 12.8 Å². The second-order valence-electron chi connectivity index (χ2n) is 5.53. The Morgan fingerprint density at radius 3 is 2.48 bits per heavy atom. The van der Waals surface area contributed by atoms with E-state index in [1.807, 2.05) is 30.3 Å². The van der Waals surface area contributed by atoms with E-state index in [9.17, 15) is 4.79 Å². The molecule has 0 atom stereocenters. The molecule has 6 heteroatoms. The lowest BCUT2D eigenvalue weighted by Gasteiger charge is -2.08. The van der Waals surface area contributed by atoms with E-state index in [1.165, 1.54) is 0 Å². The number of esters is 1. The van der Waals surface area contributed by atoms with E-state index in [2.05, 4.69) is 0 Å². The van der Waals surface area contributed by atoms with Crippen molar-refractivity contribution in [1.82, 2.24) is 4.57 Å². The van der Waals surface area contributed by atoms with Crippen molar-refractivity contribution in [3.8, 4) is 11.5 Å². The predicted molar refractivity (Wildman–Crippen MR) is 100.0 cm³/mol. The van der Waals surface area contributed by atoms with Gasteiger partial charge in [0.25, 0.3) is 0 Å². The number of alkyl halides is 1. The quantitative estimate of drug-likeness (QED) is 0.432. The number of carbonyl (C=O) groups excluding carboxylic acids is 1. The van der Waals surface area contributed by atoms with Gasteiger partial charge < -0.3 is 14.0 Å². The Kier molecular flexibility index (Phi) is 5.21. The Labute approximate surface area is 155 Å². The van der Waals surface area contributed by atoms with Crippen molar-refractivity contribution in [2.75, 3.05) is 6.61 Å². The fourth-order valence-corrected chi connectivity index (χ4v) is 3.04. The molecule has 0 bridgehead atoms. The summed E-state index contributed by atoms with van der Waals surface area (Å²) in [5, 5.41) is 1.29. The van der Waals surface area contributed by atoms with Gasteiger partial charge in [0.1, 0.15) is 17.2 Å². The number of aryl methyl sites for hydroxylation is 1. The van der Waals surface area contributed by atoms with Crippen molar-refractivity contribution in [3.63, 3.8) is 0 Å². The molecule has 0 fully saturated rings. The van der Waals surface area contributed by atoms with Crippen molar-refractivity contribution >= 4 is 40.1 Å². The minimum atomic E-state index is -0.378. The Morgan fingerprint density at radius 2 is 1.84 bits per heavy atom. The zero-order chi connectivity index (χ0) is 18.0. The molecule has 0 aliphatic rings. The van der Waals surface area contributed by atoms with Crippen molar-refractivity contribution in [1.29, 1.82) is 0 Å². The number of hydrogen-bond donors (Lipinski definition) is 0. The molecule has 3 aromatic rings. The lowest BCUT2D eigenvalue weighted by molar-refractivity contribution is 0.0516. The fraction of sp³-hybridized carbons (Fsp3) is 0.211. The molecule has 0 radical (unpaired) electrons. The Morgan fingerprint density at radius 1 is 1.12 bits per heavy atom. The van der Waals surface area contributed by atoms with Crippen LogP contribution in [0.2, 0.25) is 5.02 Å². The lowest BCUT2D eigenvalue weighted by atomic mass is 10.2. The van der Waals surface area contributed by atoms with Crippen molar-refractivity contribution < 1.29 is 14.3 Å². The molecule has 0 spiro atoms. The van der Waals surface area contributed by atoms with Gasteiger partial charge in [-0.25, -0.2) is 4.79 Å². The van der Waals surface area contributed by atoms with E-state index in [1.54, 1.807) is 30.7 Å². The van der Waals surface area contributed by atoms with Gasteiger partial charge in [-0.15, -0.1) is 11.6 Å². The third-order valence-corrected chi connectivity index (χ3v) is 4.50. The van der Waals surface area contributed by atoms with E-state index in [0.717, 1.165) is 16.5 Å². The second kappa shape index (κ2) is 7.38. The van der Waals surface area contributed by atoms with Crippen LogP contribution in [0.4, 0.5) is 0 Å². The number of fused-ring (bicyclic) bond motifs is 1. The van der Waals surface area contributed by atoms with Crippen LogP contribution in [0.5, 0.6) is 11.5 Å². The maximum atomic E-state index is 12.1. The number of halogens is 2. The summed E-state index contributed by atoms with van der Waals surface area (Å²) >= 11 is 12.2. The van der Waals surface area contributed by atoms with E-state index < -0.39 is 0 Å².